The molecule has 1 aromatic rings. The number of hydrogen-bond acceptors (Lipinski definition) is 6. The predicted octanol–water partition coefficient (Wildman–Crippen LogP) is 0.377. The molecular formula is C9H14ClN5O. The summed E-state index contributed by atoms with van der Waals surface area (Å²) in [6, 6.07) is 0.421. The van der Waals surface area contributed by atoms with E-state index < -0.39 is 0 Å². The molecule has 0 aromatic carbocycles. The van der Waals surface area contributed by atoms with Gasteiger partial charge in [0.2, 0.25) is 5.95 Å². The molecule has 0 aliphatic heterocycles. The third-order valence-corrected chi connectivity index (χ3v) is 2.72. The average Bonchev–Trinajstić information content (AvgIpc) is 3.11. The standard InChI is InChI=1S/C9H14ClN5O/c10-7-5-12-9(14-11)13-8(7)15(3-4-16)6-1-2-6/h5-6,16H,1-4,11H2,(H,12,13,14). The highest BCUT2D eigenvalue weighted by atomic mass is 35.5. The highest BCUT2D eigenvalue weighted by molar-refractivity contribution is 6.32. The van der Waals surface area contributed by atoms with Gasteiger partial charge in [0, 0.05) is 12.6 Å². The Labute approximate surface area is 98.4 Å². The van der Waals surface area contributed by atoms with E-state index in [2.05, 4.69) is 15.4 Å². The Kier molecular flexibility index (Phi) is 3.42. The van der Waals surface area contributed by atoms with E-state index in [0.717, 1.165) is 12.8 Å². The van der Waals surface area contributed by atoms with Crippen molar-refractivity contribution in [2.45, 2.75) is 18.9 Å². The number of hydrogen-bond donors (Lipinski definition) is 3. The van der Waals surface area contributed by atoms with E-state index in [9.17, 15) is 0 Å². The zero-order valence-electron chi connectivity index (χ0n) is 8.73. The smallest absolute Gasteiger partial charge is 0.239 e. The lowest BCUT2D eigenvalue weighted by molar-refractivity contribution is 0.301. The molecule has 1 aliphatic carbocycles. The molecule has 7 heteroatoms. The maximum Gasteiger partial charge on any atom is 0.239 e. The van der Waals surface area contributed by atoms with Crippen LogP contribution in [0.2, 0.25) is 5.02 Å². The van der Waals surface area contributed by atoms with Gasteiger partial charge in [0.15, 0.2) is 5.82 Å². The molecule has 1 fully saturated rings. The normalized spacial score (nSPS) is 14.9. The predicted molar refractivity (Wildman–Crippen MR) is 62.3 cm³/mol. The third-order valence-electron chi connectivity index (χ3n) is 2.46. The van der Waals surface area contributed by atoms with Gasteiger partial charge in [-0.3, -0.25) is 5.43 Å². The minimum absolute atomic E-state index is 0.0716. The van der Waals surface area contributed by atoms with Crippen molar-refractivity contribution in [2.75, 3.05) is 23.5 Å². The summed E-state index contributed by atoms with van der Waals surface area (Å²) in [4.78, 5) is 10.1. The molecular weight excluding hydrogens is 230 g/mol. The lowest BCUT2D eigenvalue weighted by Gasteiger charge is -2.23. The van der Waals surface area contributed by atoms with Crippen LogP contribution in [0.15, 0.2) is 6.20 Å². The topological polar surface area (TPSA) is 87.3 Å². The van der Waals surface area contributed by atoms with Gasteiger partial charge in [0.25, 0.3) is 0 Å². The van der Waals surface area contributed by atoms with Crippen LogP contribution < -0.4 is 16.2 Å². The lowest BCUT2D eigenvalue weighted by atomic mass is 10.4. The molecule has 1 heterocycles. The van der Waals surface area contributed by atoms with E-state index in [4.69, 9.17) is 22.6 Å². The first-order valence-electron chi connectivity index (χ1n) is 5.13. The Bertz CT molecular complexity index is 371. The number of hydrazine groups is 1. The number of halogens is 1. The quantitative estimate of drug-likeness (QED) is 0.512. The molecule has 16 heavy (non-hydrogen) atoms. The third kappa shape index (κ3) is 2.34. The molecule has 0 spiro atoms. The Balaban J connectivity index is 2.27. The number of rotatable bonds is 5. The largest absolute Gasteiger partial charge is 0.395 e. The zero-order chi connectivity index (χ0) is 11.5. The first-order valence-corrected chi connectivity index (χ1v) is 5.50. The Morgan fingerprint density at radius 3 is 2.94 bits per heavy atom. The van der Waals surface area contributed by atoms with Crippen molar-refractivity contribution in [1.82, 2.24) is 9.97 Å². The van der Waals surface area contributed by atoms with E-state index >= 15 is 0 Å². The number of aromatic nitrogens is 2. The van der Waals surface area contributed by atoms with Gasteiger partial charge in [-0.25, -0.2) is 10.8 Å². The number of aliphatic hydroxyl groups excluding tert-OH is 1. The van der Waals surface area contributed by atoms with Crippen LogP contribution in [0.1, 0.15) is 12.8 Å². The molecule has 1 aromatic heterocycles. The van der Waals surface area contributed by atoms with Crippen LogP contribution in [0.5, 0.6) is 0 Å². The summed E-state index contributed by atoms with van der Waals surface area (Å²) in [5.74, 6) is 6.20. The second kappa shape index (κ2) is 4.82. The van der Waals surface area contributed by atoms with Gasteiger partial charge in [-0.15, -0.1) is 0 Å². The number of nitrogens with one attached hydrogen (secondary N) is 1. The van der Waals surface area contributed by atoms with Crippen LogP contribution in [0.3, 0.4) is 0 Å². The maximum absolute atomic E-state index is 9.02. The Morgan fingerprint density at radius 2 is 2.38 bits per heavy atom. The molecule has 4 N–H and O–H groups in total. The van der Waals surface area contributed by atoms with E-state index in [-0.39, 0.29) is 6.61 Å². The fraction of sp³-hybridized carbons (Fsp3) is 0.556. The lowest BCUT2D eigenvalue weighted by Crippen LogP contribution is -2.30. The highest BCUT2D eigenvalue weighted by Crippen LogP contribution is 2.34. The summed E-state index contributed by atoms with van der Waals surface area (Å²) in [6.45, 7) is 0.591. The number of nitrogens with zero attached hydrogens (tertiary/aromatic N) is 3. The van der Waals surface area contributed by atoms with Crippen molar-refractivity contribution in [3.8, 4) is 0 Å². The molecule has 2 rings (SSSR count). The number of nitrogen functional groups attached to an aromatic ring is 1. The van der Waals surface area contributed by atoms with Gasteiger partial charge in [0.1, 0.15) is 5.02 Å². The van der Waals surface area contributed by atoms with Gasteiger partial charge in [0.05, 0.1) is 12.8 Å². The molecule has 6 nitrogen and oxygen atoms in total. The summed E-state index contributed by atoms with van der Waals surface area (Å²) in [7, 11) is 0. The molecule has 0 amide bonds. The summed E-state index contributed by atoms with van der Waals surface area (Å²) in [6.07, 6.45) is 3.71. The van der Waals surface area contributed by atoms with Crippen molar-refractivity contribution in [1.29, 1.82) is 0 Å². The summed E-state index contributed by atoms with van der Waals surface area (Å²) < 4.78 is 0. The van der Waals surface area contributed by atoms with Gasteiger partial charge in [-0.2, -0.15) is 4.98 Å². The van der Waals surface area contributed by atoms with E-state index in [0.29, 0.717) is 29.4 Å². The fourth-order valence-electron chi connectivity index (χ4n) is 1.58. The molecule has 0 radical (unpaired) electrons. The maximum atomic E-state index is 9.02. The van der Waals surface area contributed by atoms with Gasteiger partial charge in [-0.1, -0.05) is 11.6 Å². The van der Waals surface area contributed by atoms with Crippen LogP contribution in [0, 0.1) is 0 Å². The molecule has 88 valence electrons. The Hall–Kier alpha value is -1.11. The van der Waals surface area contributed by atoms with Gasteiger partial charge >= 0.3 is 0 Å². The van der Waals surface area contributed by atoms with Crippen molar-refractivity contribution in [3.05, 3.63) is 11.2 Å². The highest BCUT2D eigenvalue weighted by Gasteiger charge is 2.31. The second-order valence-electron chi connectivity index (χ2n) is 3.66. The summed E-state index contributed by atoms with van der Waals surface area (Å²) in [5.41, 5.74) is 2.38. The molecule has 0 unspecified atom stereocenters. The van der Waals surface area contributed by atoms with Crippen molar-refractivity contribution < 1.29 is 5.11 Å². The second-order valence-corrected chi connectivity index (χ2v) is 4.06. The first kappa shape index (κ1) is 11.4. The van der Waals surface area contributed by atoms with Crippen LogP contribution in [0.4, 0.5) is 11.8 Å². The van der Waals surface area contributed by atoms with Crippen LogP contribution in [-0.4, -0.2) is 34.3 Å². The number of nitrogens with two attached hydrogens (primary N) is 1. The summed E-state index contributed by atoms with van der Waals surface area (Å²) in [5, 5.41) is 9.50. The van der Waals surface area contributed by atoms with Crippen LogP contribution >= 0.6 is 11.6 Å². The average molecular weight is 244 g/mol. The first-order chi connectivity index (χ1) is 7.76. The van der Waals surface area contributed by atoms with E-state index in [1.165, 1.54) is 6.20 Å². The fourth-order valence-corrected chi connectivity index (χ4v) is 1.78. The monoisotopic (exact) mass is 243 g/mol. The molecule has 0 bridgehead atoms. The Morgan fingerprint density at radius 1 is 1.62 bits per heavy atom. The zero-order valence-corrected chi connectivity index (χ0v) is 9.48. The van der Waals surface area contributed by atoms with Crippen LogP contribution in [0.25, 0.3) is 0 Å². The van der Waals surface area contributed by atoms with E-state index in [1.54, 1.807) is 0 Å². The molecule has 0 saturated heterocycles. The minimum atomic E-state index is 0.0716. The number of anilines is 2. The van der Waals surface area contributed by atoms with E-state index in [1.807, 2.05) is 4.90 Å². The van der Waals surface area contributed by atoms with Crippen molar-refractivity contribution in [2.24, 2.45) is 5.84 Å². The minimum Gasteiger partial charge on any atom is -0.395 e. The van der Waals surface area contributed by atoms with Gasteiger partial charge < -0.3 is 10.0 Å². The SMILES string of the molecule is NNc1ncc(Cl)c(N(CCO)C2CC2)n1. The summed E-state index contributed by atoms with van der Waals surface area (Å²) >= 11 is 6.04. The molecule has 1 saturated carbocycles. The number of aliphatic hydroxyl groups is 1. The molecule has 1 aliphatic rings. The van der Waals surface area contributed by atoms with Crippen LogP contribution in [-0.2, 0) is 0 Å². The molecule has 0 atom stereocenters. The van der Waals surface area contributed by atoms with Crippen molar-refractivity contribution >= 4 is 23.4 Å². The van der Waals surface area contributed by atoms with Crippen molar-refractivity contribution in [3.63, 3.8) is 0 Å². The van der Waals surface area contributed by atoms with Gasteiger partial charge in [-0.05, 0) is 12.8 Å².